The van der Waals surface area contributed by atoms with Gasteiger partial charge in [-0.25, -0.2) is 4.79 Å². The van der Waals surface area contributed by atoms with Crippen LogP contribution in [-0.4, -0.2) is 126 Å². The molecule has 13 heteroatoms. The monoisotopic (exact) mass is 518 g/mol. The van der Waals surface area contributed by atoms with E-state index < -0.39 is 85.2 Å². The summed E-state index contributed by atoms with van der Waals surface area (Å²) in [6, 6.07) is 0. The van der Waals surface area contributed by atoms with Crippen molar-refractivity contribution >= 4 is 5.97 Å². The third kappa shape index (κ3) is 10.5. The van der Waals surface area contributed by atoms with E-state index in [1.807, 2.05) is 0 Å². The molecule has 8 N–H and O–H groups in total. The minimum Gasteiger partial charge on any atom is -0.479 e. The maximum absolute atomic E-state index is 10.8. The van der Waals surface area contributed by atoms with Crippen molar-refractivity contribution in [2.24, 2.45) is 0 Å². The zero-order chi connectivity index (χ0) is 25.9. The van der Waals surface area contributed by atoms with Gasteiger partial charge in [0.05, 0.1) is 17.8 Å². The molecule has 212 valence electrons. The summed E-state index contributed by atoms with van der Waals surface area (Å²) in [6.07, 6.45) is -13.8. The number of carbonyl (C=O) groups is 1. The normalized spacial score (nSPS) is 37.7. The molecular formula is C22H46O13. The van der Waals surface area contributed by atoms with Crippen molar-refractivity contribution in [3.05, 3.63) is 0 Å². The maximum atomic E-state index is 10.8. The van der Waals surface area contributed by atoms with E-state index in [0.717, 1.165) is 0 Å². The minimum atomic E-state index is -1.69. The van der Waals surface area contributed by atoms with Crippen LogP contribution in [0.15, 0.2) is 0 Å². The molecule has 0 aromatic heterocycles. The quantitative estimate of drug-likeness (QED) is 0.214. The number of carboxylic acid groups (broad SMARTS) is 1. The lowest BCUT2D eigenvalue weighted by atomic mass is 9.98. The summed E-state index contributed by atoms with van der Waals surface area (Å²) in [5.41, 5.74) is -1.25. The Morgan fingerprint density at radius 1 is 0.686 bits per heavy atom. The SMILES string of the molecule is C.C.CC(C)(C)OC1O[C@H](CO)[C@@H](O)[C@H](O)[C@H]1O.CC(C)(C)O[C@@H]1O[C@H](C(=O)O)[C@@H](O)[C@H](O)[C@H]1O. The summed E-state index contributed by atoms with van der Waals surface area (Å²) >= 11 is 0. The highest BCUT2D eigenvalue weighted by Crippen LogP contribution is 2.26. The Morgan fingerprint density at radius 3 is 1.40 bits per heavy atom. The number of hydrogen-bond donors (Lipinski definition) is 8. The molecule has 0 amide bonds. The van der Waals surface area contributed by atoms with Crippen LogP contribution in [0.25, 0.3) is 0 Å². The van der Waals surface area contributed by atoms with Crippen molar-refractivity contribution < 1.29 is 64.6 Å². The number of aliphatic hydroxyl groups excluding tert-OH is 7. The number of aliphatic hydroxyl groups is 7. The number of carboxylic acids is 1. The molecule has 10 atom stereocenters. The highest BCUT2D eigenvalue weighted by atomic mass is 16.7. The molecule has 13 nitrogen and oxygen atoms in total. The van der Waals surface area contributed by atoms with Crippen LogP contribution in [0, 0.1) is 0 Å². The van der Waals surface area contributed by atoms with Crippen LogP contribution in [0.3, 0.4) is 0 Å². The van der Waals surface area contributed by atoms with Crippen LogP contribution < -0.4 is 0 Å². The molecule has 2 aliphatic rings. The van der Waals surface area contributed by atoms with Crippen molar-refractivity contribution in [2.75, 3.05) is 6.61 Å². The zero-order valence-electron chi connectivity index (χ0n) is 19.6. The Balaban J connectivity index is 0. The van der Waals surface area contributed by atoms with Crippen molar-refractivity contribution in [2.45, 2.75) is 129 Å². The van der Waals surface area contributed by atoms with Gasteiger partial charge in [-0.3, -0.25) is 0 Å². The third-order valence-corrected chi connectivity index (χ3v) is 4.60. The van der Waals surface area contributed by atoms with Crippen LogP contribution in [0.1, 0.15) is 56.4 Å². The van der Waals surface area contributed by atoms with E-state index in [2.05, 4.69) is 0 Å². The Kier molecular flexibility index (Phi) is 14.6. The van der Waals surface area contributed by atoms with Crippen LogP contribution in [0.5, 0.6) is 0 Å². The van der Waals surface area contributed by atoms with E-state index in [1.54, 1.807) is 41.5 Å². The summed E-state index contributed by atoms with van der Waals surface area (Å²) in [5, 5.41) is 75.0. The fraction of sp³-hybridized carbons (Fsp3) is 0.955. The van der Waals surface area contributed by atoms with E-state index in [4.69, 9.17) is 29.2 Å². The van der Waals surface area contributed by atoms with Gasteiger partial charge < -0.3 is 59.8 Å². The highest BCUT2D eigenvalue weighted by molar-refractivity contribution is 5.73. The van der Waals surface area contributed by atoms with Gasteiger partial charge >= 0.3 is 5.97 Å². The zero-order valence-corrected chi connectivity index (χ0v) is 19.6. The second-order valence-electron chi connectivity index (χ2n) is 9.89. The van der Waals surface area contributed by atoms with Crippen LogP contribution >= 0.6 is 0 Å². The lowest BCUT2D eigenvalue weighted by Crippen LogP contribution is -2.61. The first-order chi connectivity index (χ1) is 14.9. The number of ether oxygens (including phenoxy) is 4. The molecule has 2 fully saturated rings. The van der Waals surface area contributed by atoms with Gasteiger partial charge in [-0.05, 0) is 41.5 Å². The molecule has 2 aliphatic heterocycles. The van der Waals surface area contributed by atoms with E-state index in [1.165, 1.54) is 0 Å². The van der Waals surface area contributed by atoms with Gasteiger partial charge in [-0.15, -0.1) is 0 Å². The largest absolute Gasteiger partial charge is 0.479 e. The number of aliphatic carboxylic acids is 1. The fourth-order valence-electron chi connectivity index (χ4n) is 3.01. The number of hydrogen-bond acceptors (Lipinski definition) is 12. The van der Waals surface area contributed by atoms with Crippen molar-refractivity contribution in [1.29, 1.82) is 0 Å². The summed E-state index contributed by atoms with van der Waals surface area (Å²) in [6.45, 7) is 9.94. The predicted octanol–water partition coefficient (Wildman–Crippen LogP) is -1.43. The Bertz CT molecular complexity index is 615. The molecule has 2 heterocycles. The number of rotatable bonds is 4. The molecule has 0 aromatic carbocycles. The van der Waals surface area contributed by atoms with Gasteiger partial charge in [0.1, 0.15) is 42.7 Å². The average molecular weight is 519 g/mol. The summed E-state index contributed by atoms with van der Waals surface area (Å²) in [4.78, 5) is 10.8. The Morgan fingerprint density at radius 2 is 1.06 bits per heavy atom. The summed E-state index contributed by atoms with van der Waals surface area (Å²) in [7, 11) is 0. The first kappa shape index (κ1) is 36.2. The first-order valence-electron chi connectivity index (χ1n) is 10.5. The van der Waals surface area contributed by atoms with E-state index >= 15 is 0 Å². The second-order valence-corrected chi connectivity index (χ2v) is 9.89. The van der Waals surface area contributed by atoms with E-state index in [9.17, 15) is 35.4 Å². The smallest absolute Gasteiger partial charge is 0.335 e. The van der Waals surface area contributed by atoms with Crippen molar-refractivity contribution in [3.63, 3.8) is 0 Å². The van der Waals surface area contributed by atoms with Gasteiger partial charge in [0.2, 0.25) is 0 Å². The topological polar surface area (TPSA) is 216 Å². The minimum absolute atomic E-state index is 0. The standard InChI is InChI=1S/C10H18O7.C10H20O6.2CH4/c1-10(2,3)17-9-6(13)4(11)5(12)7(16-9)8(14)15;1-10(2,3)16-9-8(14)7(13)6(12)5(4-11)15-9;;/h4-7,9,11-13H,1-3H3,(H,14,15);5-9,11-14H,4H2,1-3H3;2*1H4/t4-,5-,6+,7-,9-;5-,6-,7+,8-,9?;;/m01../s1. The fourth-order valence-corrected chi connectivity index (χ4v) is 3.01. The second kappa shape index (κ2) is 14.1. The maximum Gasteiger partial charge on any atom is 0.335 e. The van der Waals surface area contributed by atoms with Crippen LogP contribution in [-0.2, 0) is 23.7 Å². The van der Waals surface area contributed by atoms with Gasteiger partial charge in [0.15, 0.2) is 18.7 Å². The van der Waals surface area contributed by atoms with E-state index in [-0.39, 0.29) is 14.9 Å². The van der Waals surface area contributed by atoms with Gasteiger partial charge in [-0.2, -0.15) is 0 Å². The first-order valence-corrected chi connectivity index (χ1v) is 10.5. The molecule has 2 saturated heterocycles. The van der Waals surface area contributed by atoms with Crippen LogP contribution in [0.2, 0.25) is 0 Å². The molecule has 2 rings (SSSR count). The third-order valence-electron chi connectivity index (χ3n) is 4.60. The lowest BCUT2D eigenvalue weighted by molar-refractivity contribution is -0.320. The van der Waals surface area contributed by atoms with Gasteiger partial charge in [-0.1, -0.05) is 14.9 Å². The molecule has 0 bridgehead atoms. The van der Waals surface area contributed by atoms with Crippen molar-refractivity contribution in [3.8, 4) is 0 Å². The van der Waals surface area contributed by atoms with Crippen molar-refractivity contribution in [1.82, 2.24) is 0 Å². The van der Waals surface area contributed by atoms with Gasteiger partial charge in [0.25, 0.3) is 0 Å². The van der Waals surface area contributed by atoms with E-state index in [0.29, 0.717) is 0 Å². The summed E-state index contributed by atoms with van der Waals surface area (Å²) in [5.74, 6) is -1.43. The molecule has 0 aromatic rings. The molecule has 1 unspecified atom stereocenters. The highest BCUT2D eigenvalue weighted by Gasteiger charge is 2.48. The molecule has 0 spiro atoms. The van der Waals surface area contributed by atoms with Crippen LogP contribution in [0.4, 0.5) is 0 Å². The molecule has 0 saturated carbocycles. The molecule has 0 aliphatic carbocycles. The summed E-state index contributed by atoms with van der Waals surface area (Å²) < 4.78 is 20.8. The molecule has 35 heavy (non-hydrogen) atoms. The lowest BCUT2D eigenvalue weighted by Gasteiger charge is -2.41. The Hall–Kier alpha value is -0.970. The molecular weight excluding hydrogens is 472 g/mol. The van der Waals surface area contributed by atoms with Gasteiger partial charge in [0, 0.05) is 0 Å². The predicted molar refractivity (Wildman–Crippen MR) is 123 cm³/mol. The Labute approximate surface area is 206 Å². The average Bonchev–Trinajstić information content (AvgIpc) is 2.67. The molecule has 0 radical (unpaired) electrons.